The molecular formula is C22H40Cl2N10O4. The Morgan fingerprint density at radius 2 is 0.737 bits per heavy atom. The summed E-state index contributed by atoms with van der Waals surface area (Å²) in [6.07, 6.45) is 0. The maximum absolute atomic E-state index is 5.09. The summed E-state index contributed by atoms with van der Waals surface area (Å²) >= 11 is 0. The topological polar surface area (TPSA) is 121 Å². The van der Waals surface area contributed by atoms with E-state index >= 15 is 0 Å². The maximum Gasteiger partial charge on any atom is 0.338 e. The fraction of sp³-hybridized carbons (Fsp3) is 0.727. The molecule has 16 heteroatoms. The zero-order valence-corrected chi connectivity index (χ0v) is 25.0. The second-order valence-electron chi connectivity index (χ2n) is 9.51. The number of halogens is 2. The SMILES string of the molecule is COc1nc(OC)nc([N+]2(C)CCN(C)CC2)n1.COc1nc(OC)nc([N+]2(C)CCN(C)CC2)n1.[Cl-].[Cl-]. The van der Waals surface area contributed by atoms with Crippen molar-refractivity contribution in [3.8, 4) is 24.0 Å². The molecule has 0 bridgehead atoms. The van der Waals surface area contributed by atoms with Crippen LogP contribution in [0.1, 0.15) is 0 Å². The molecule has 0 aliphatic carbocycles. The van der Waals surface area contributed by atoms with Gasteiger partial charge in [0.05, 0.1) is 68.7 Å². The summed E-state index contributed by atoms with van der Waals surface area (Å²) in [5.41, 5.74) is 0. The van der Waals surface area contributed by atoms with Crippen LogP contribution in [0.3, 0.4) is 0 Å². The summed E-state index contributed by atoms with van der Waals surface area (Å²) in [5.74, 6) is 1.40. The molecule has 2 aromatic heterocycles. The van der Waals surface area contributed by atoms with Crippen molar-refractivity contribution >= 4 is 11.9 Å². The fourth-order valence-corrected chi connectivity index (χ4v) is 3.92. The van der Waals surface area contributed by atoms with E-state index < -0.39 is 0 Å². The molecular weight excluding hydrogens is 539 g/mol. The van der Waals surface area contributed by atoms with Crippen LogP contribution in [0, 0.1) is 0 Å². The average Bonchev–Trinajstić information content (AvgIpc) is 2.91. The maximum atomic E-state index is 5.09. The second kappa shape index (κ2) is 14.7. The highest BCUT2D eigenvalue weighted by Gasteiger charge is 2.35. The van der Waals surface area contributed by atoms with Crippen LogP contribution in [-0.2, 0) is 0 Å². The molecule has 2 aliphatic heterocycles. The van der Waals surface area contributed by atoms with Crippen LogP contribution in [0.5, 0.6) is 24.0 Å². The summed E-state index contributed by atoms with van der Waals surface area (Å²) in [6, 6.07) is 1.20. The summed E-state index contributed by atoms with van der Waals surface area (Å²) in [6.45, 7) is 7.94. The first-order valence-electron chi connectivity index (χ1n) is 11.9. The Morgan fingerprint density at radius 3 is 0.947 bits per heavy atom. The molecule has 4 heterocycles. The van der Waals surface area contributed by atoms with Crippen molar-refractivity contribution in [3.05, 3.63) is 0 Å². The number of quaternary nitrogens is 2. The molecule has 0 aromatic carbocycles. The van der Waals surface area contributed by atoms with Crippen LogP contribution in [0.4, 0.5) is 11.9 Å². The van der Waals surface area contributed by atoms with Gasteiger partial charge in [0.15, 0.2) is 0 Å². The molecule has 4 rings (SSSR count). The van der Waals surface area contributed by atoms with Gasteiger partial charge in [0.1, 0.15) is 0 Å². The van der Waals surface area contributed by atoms with Crippen molar-refractivity contribution in [2.75, 3.05) is 109 Å². The van der Waals surface area contributed by atoms with Crippen LogP contribution in [0.2, 0.25) is 0 Å². The number of likely N-dealkylation sites (N-methyl/N-ethyl adjacent to an activating group) is 4. The largest absolute Gasteiger partial charge is 1.00 e. The Kier molecular flexibility index (Phi) is 13.0. The number of hydrogen-bond donors (Lipinski definition) is 0. The lowest BCUT2D eigenvalue weighted by Gasteiger charge is -2.38. The number of nitrogens with zero attached hydrogens (tertiary/aromatic N) is 10. The van der Waals surface area contributed by atoms with Crippen molar-refractivity contribution in [2.45, 2.75) is 0 Å². The first kappa shape index (κ1) is 33.7. The third-order valence-electron chi connectivity index (χ3n) is 6.76. The summed E-state index contributed by atoms with van der Waals surface area (Å²) in [5, 5.41) is 0. The average molecular weight is 580 g/mol. The summed E-state index contributed by atoms with van der Waals surface area (Å²) < 4.78 is 21.7. The number of aromatic nitrogens is 6. The molecule has 0 amide bonds. The van der Waals surface area contributed by atoms with Gasteiger partial charge in [-0.25, -0.2) is 0 Å². The number of ether oxygens (including phenoxy) is 4. The molecule has 0 atom stereocenters. The second-order valence-corrected chi connectivity index (χ2v) is 9.51. The van der Waals surface area contributed by atoms with Crippen molar-refractivity contribution in [2.24, 2.45) is 0 Å². The molecule has 0 radical (unpaired) electrons. The molecule has 14 nitrogen and oxygen atoms in total. The highest BCUT2D eigenvalue weighted by atomic mass is 35.5. The molecule has 0 spiro atoms. The lowest BCUT2D eigenvalue weighted by molar-refractivity contribution is -0.00100. The van der Waals surface area contributed by atoms with Gasteiger partial charge in [-0.3, -0.25) is 18.8 Å². The number of methoxy groups -OCH3 is 4. The zero-order chi connectivity index (χ0) is 26.3. The molecule has 2 aliphatic rings. The van der Waals surface area contributed by atoms with E-state index in [-0.39, 0.29) is 24.8 Å². The van der Waals surface area contributed by atoms with Crippen LogP contribution in [-0.4, -0.2) is 149 Å². The van der Waals surface area contributed by atoms with Crippen molar-refractivity contribution in [1.82, 2.24) is 48.7 Å². The van der Waals surface area contributed by atoms with Gasteiger partial charge in [-0.1, -0.05) is 0 Å². The molecule has 216 valence electrons. The Balaban J connectivity index is 0.000000361. The number of piperazine rings is 2. The molecule has 2 fully saturated rings. The van der Waals surface area contributed by atoms with Gasteiger partial charge >= 0.3 is 35.9 Å². The third kappa shape index (κ3) is 8.32. The van der Waals surface area contributed by atoms with Crippen LogP contribution >= 0.6 is 0 Å². The predicted molar refractivity (Wildman–Crippen MR) is 136 cm³/mol. The van der Waals surface area contributed by atoms with Crippen LogP contribution in [0.25, 0.3) is 0 Å². The van der Waals surface area contributed by atoms with Gasteiger partial charge in [0, 0.05) is 26.2 Å². The van der Waals surface area contributed by atoms with Crippen molar-refractivity contribution < 1.29 is 43.8 Å². The zero-order valence-electron chi connectivity index (χ0n) is 23.5. The summed E-state index contributed by atoms with van der Waals surface area (Å²) in [7, 11) is 14.7. The molecule has 0 N–H and O–H groups in total. The number of rotatable bonds is 6. The molecule has 2 aromatic rings. The van der Waals surface area contributed by atoms with E-state index in [4.69, 9.17) is 18.9 Å². The van der Waals surface area contributed by atoms with E-state index in [2.05, 4.69) is 67.9 Å². The van der Waals surface area contributed by atoms with Gasteiger partial charge in [-0.15, -0.1) is 29.9 Å². The van der Waals surface area contributed by atoms with Gasteiger partial charge < -0.3 is 43.8 Å². The quantitative estimate of drug-likeness (QED) is 0.303. The first-order chi connectivity index (χ1) is 17.1. The van der Waals surface area contributed by atoms with Crippen molar-refractivity contribution in [3.63, 3.8) is 0 Å². The van der Waals surface area contributed by atoms with E-state index in [1.54, 1.807) is 28.4 Å². The van der Waals surface area contributed by atoms with E-state index in [1.165, 1.54) is 0 Å². The van der Waals surface area contributed by atoms with E-state index in [0.29, 0.717) is 44.9 Å². The normalized spacial score (nSPS) is 18.5. The Hall–Kier alpha value is -2.36. The molecule has 0 unspecified atom stereocenters. The van der Waals surface area contributed by atoms with E-state index in [9.17, 15) is 0 Å². The minimum absolute atomic E-state index is 0. The summed E-state index contributed by atoms with van der Waals surface area (Å²) in [4.78, 5) is 30.0. The standard InChI is InChI=1S/2C11H20N5O2.2ClH/c2*1-15-5-7-16(2,8-6-15)9-12-10(17-3)14-11(13-9)18-4;;/h2*5-8H2,1-4H3;2*1H/q2*+1;;/p-2. The van der Waals surface area contributed by atoms with Crippen LogP contribution < -0.4 is 52.7 Å². The highest BCUT2D eigenvalue weighted by Crippen LogP contribution is 2.23. The predicted octanol–water partition coefficient (Wildman–Crippen LogP) is -6.45. The van der Waals surface area contributed by atoms with Gasteiger partial charge in [0.2, 0.25) is 0 Å². The minimum Gasteiger partial charge on any atom is -1.00 e. The van der Waals surface area contributed by atoms with Crippen molar-refractivity contribution in [1.29, 1.82) is 0 Å². The third-order valence-corrected chi connectivity index (χ3v) is 6.76. The Labute approximate surface area is 237 Å². The monoisotopic (exact) mass is 578 g/mol. The molecule has 2 saturated heterocycles. The Morgan fingerprint density at radius 1 is 0.500 bits per heavy atom. The molecule has 38 heavy (non-hydrogen) atoms. The lowest BCUT2D eigenvalue weighted by Crippen LogP contribution is -3.00. The van der Waals surface area contributed by atoms with Gasteiger partial charge in [0.25, 0.3) is 0 Å². The number of hydrogen-bond acceptors (Lipinski definition) is 12. The minimum atomic E-state index is 0. The lowest BCUT2D eigenvalue weighted by atomic mass is 10.3. The molecule has 0 saturated carbocycles. The van der Waals surface area contributed by atoms with E-state index in [0.717, 1.165) is 52.4 Å². The smallest absolute Gasteiger partial charge is 0.338 e. The van der Waals surface area contributed by atoms with Gasteiger partial charge in [-0.05, 0) is 14.1 Å². The first-order valence-corrected chi connectivity index (χ1v) is 11.9. The van der Waals surface area contributed by atoms with Gasteiger partial charge in [-0.2, -0.15) is 0 Å². The Bertz CT molecular complexity index is 882. The van der Waals surface area contributed by atoms with E-state index in [1.807, 2.05) is 0 Å². The highest BCUT2D eigenvalue weighted by molar-refractivity contribution is 5.29. The fourth-order valence-electron chi connectivity index (χ4n) is 3.92. The van der Waals surface area contributed by atoms with Crippen LogP contribution in [0.15, 0.2) is 0 Å².